The Bertz CT molecular complexity index is 512. The van der Waals surface area contributed by atoms with Gasteiger partial charge < -0.3 is 9.26 Å². The summed E-state index contributed by atoms with van der Waals surface area (Å²) in [6, 6.07) is 8.06. The second kappa shape index (κ2) is 4.04. The first-order valence-electron chi connectivity index (χ1n) is 5.03. The third-order valence-corrected chi connectivity index (χ3v) is 3.08. The largest absolute Gasteiger partial charge is 0.492 e. The summed E-state index contributed by atoms with van der Waals surface area (Å²) in [5.74, 6) is 1.80. The van der Waals surface area contributed by atoms with E-state index in [9.17, 15) is 0 Å². The van der Waals surface area contributed by atoms with E-state index in [1.807, 2.05) is 40.8 Å². The molecular weight excluding hydrogens is 319 g/mol. The standard InChI is InChI=1S/C11H9IN2O2/c12-11-13-10(16-14-11)8-5-7-3-1-2-4-9(7)15-6-8/h1-4,8H,5-6H2. The highest BCUT2D eigenvalue weighted by Gasteiger charge is 2.25. The van der Waals surface area contributed by atoms with Crippen LogP contribution in [0.5, 0.6) is 5.75 Å². The fourth-order valence-electron chi connectivity index (χ4n) is 1.87. The molecule has 0 N–H and O–H groups in total. The molecule has 4 nitrogen and oxygen atoms in total. The van der Waals surface area contributed by atoms with Gasteiger partial charge in [-0.2, -0.15) is 4.98 Å². The van der Waals surface area contributed by atoms with Gasteiger partial charge in [-0.3, -0.25) is 0 Å². The summed E-state index contributed by atoms with van der Waals surface area (Å²) in [5.41, 5.74) is 1.20. The van der Waals surface area contributed by atoms with Crippen LogP contribution in [0.25, 0.3) is 0 Å². The summed E-state index contributed by atoms with van der Waals surface area (Å²) in [6.45, 7) is 0.606. The van der Waals surface area contributed by atoms with Crippen molar-refractivity contribution in [3.05, 3.63) is 39.6 Å². The third-order valence-electron chi connectivity index (χ3n) is 2.65. The van der Waals surface area contributed by atoms with Gasteiger partial charge in [-0.1, -0.05) is 23.4 Å². The number of fused-ring (bicyclic) bond motifs is 1. The number of aromatic nitrogens is 2. The lowest BCUT2D eigenvalue weighted by Crippen LogP contribution is -2.19. The molecule has 0 radical (unpaired) electrons. The van der Waals surface area contributed by atoms with Gasteiger partial charge in [0, 0.05) is 22.6 Å². The molecule has 16 heavy (non-hydrogen) atoms. The normalized spacial score (nSPS) is 18.9. The van der Waals surface area contributed by atoms with E-state index in [4.69, 9.17) is 9.26 Å². The van der Waals surface area contributed by atoms with Crippen LogP contribution < -0.4 is 4.74 Å². The Hall–Kier alpha value is -1.11. The Labute approximate surface area is 106 Å². The summed E-state index contributed by atoms with van der Waals surface area (Å²) in [4.78, 5) is 4.24. The zero-order valence-corrected chi connectivity index (χ0v) is 10.5. The van der Waals surface area contributed by atoms with Gasteiger partial charge >= 0.3 is 0 Å². The molecule has 5 heteroatoms. The molecule has 82 valence electrons. The van der Waals surface area contributed by atoms with Gasteiger partial charge in [-0.05, 0) is 18.1 Å². The van der Waals surface area contributed by atoms with Crippen molar-refractivity contribution in [3.63, 3.8) is 0 Å². The molecule has 1 aliphatic rings. The maximum atomic E-state index is 5.67. The van der Waals surface area contributed by atoms with E-state index in [0.29, 0.717) is 16.3 Å². The lowest BCUT2D eigenvalue weighted by molar-refractivity contribution is 0.230. The van der Waals surface area contributed by atoms with Crippen molar-refractivity contribution in [2.45, 2.75) is 12.3 Å². The number of hydrogen-bond acceptors (Lipinski definition) is 4. The quantitative estimate of drug-likeness (QED) is 0.754. The maximum absolute atomic E-state index is 5.67. The van der Waals surface area contributed by atoms with Gasteiger partial charge in [0.05, 0.1) is 5.92 Å². The second-order valence-electron chi connectivity index (χ2n) is 3.72. The highest BCUT2D eigenvalue weighted by Crippen LogP contribution is 2.31. The summed E-state index contributed by atoms with van der Waals surface area (Å²) in [5, 5.41) is 3.79. The van der Waals surface area contributed by atoms with E-state index >= 15 is 0 Å². The van der Waals surface area contributed by atoms with Crippen LogP contribution in [0.4, 0.5) is 0 Å². The van der Waals surface area contributed by atoms with E-state index in [-0.39, 0.29) is 5.92 Å². The number of nitrogens with zero attached hydrogens (tertiary/aromatic N) is 2. The van der Waals surface area contributed by atoms with E-state index in [0.717, 1.165) is 12.2 Å². The highest BCUT2D eigenvalue weighted by atomic mass is 127. The number of benzene rings is 1. The minimum atomic E-state index is 0.172. The fraction of sp³-hybridized carbons (Fsp3) is 0.273. The van der Waals surface area contributed by atoms with Crippen LogP contribution in [0, 0.1) is 3.83 Å². The minimum absolute atomic E-state index is 0.172. The van der Waals surface area contributed by atoms with Gasteiger partial charge in [0.2, 0.25) is 9.72 Å². The molecule has 1 atom stereocenters. The molecular formula is C11H9IN2O2. The number of rotatable bonds is 1. The number of hydrogen-bond donors (Lipinski definition) is 0. The first-order chi connectivity index (χ1) is 7.83. The molecule has 0 spiro atoms. The van der Waals surface area contributed by atoms with Crippen LogP contribution in [0.1, 0.15) is 17.4 Å². The van der Waals surface area contributed by atoms with Crippen LogP contribution in [0.3, 0.4) is 0 Å². The smallest absolute Gasteiger partial charge is 0.234 e. The maximum Gasteiger partial charge on any atom is 0.234 e. The minimum Gasteiger partial charge on any atom is -0.492 e. The Balaban J connectivity index is 1.88. The average Bonchev–Trinajstić information content (AvgIpc) is 2.75. The van der Waals surface area contributed by atoms with Crippen LogP contribution in [-0.4, -0.2) is 16.7 Å². The van der Waals surface area contributed by atoms with Gasteiger partial charge in [0.25, 0.3) is 0 Å². The van der Waals surface area contributed by atoms with E-state index < -0.39 is 0 Å². The van der Waals surface area contributed by atoms with Crippen molar-refractivity contribution in [1.29, 1.82) is 0 Å². The van der Waals surface area contributed by atoms with Crippen LogP contribution in [-0.2, 0) is 6.42 Å². The Morgan fingerprint density at radius 2 is 2.19 bits per heavy atom. The summed E-state index contributed by atoms with van der Waals surface area (Å²) in [6.07, 6.45) is 0.897. The second-order valence-corrected chi connectivity index (χ2v) is 4.69. The average molecular weight is 328 g/mol. The monoisotopic (exact) mass is 328 g/mol. The SMILES string of the molecule is Ic1noc(C2COc3ccccc3C2)n1. The number of halogens is 1. The van der Waals surface area contributed by atoms with Gasteiger partial charge in [-0.15, -0.1) is 0 Å². The number of ether oxygens (including phenoxy) is 1. The predicted octanol–water partition coefficient (Wildman–Crippen LogP) is 2.39. The van der Waals surface area contributed by atoms with Crippen molar-refractivity contribution in [2.75, 3.05) is 6.61 Å². The van der Waals surface area contributed by atoms with Gasteiger partial charge in [0.1, 0.15) is 12.4 Å². The molecule has 2 heterocycles. The molecule has 0 aliphatic carbocycles. The van der Waals surface area contributed by atoms with Crippen molar-refractivity contribution >= 4 is 22.6 Å². The zero-order chi connectivity index (χ0) is 11.0. The fourth-order valence-corrected chi connectivity index (χ4v) is 2.20. The molecule has 1 aliphatic heterocycles. The van der Waals surface area contributed by atoms with Crippen LogP contribution in [0.15, 0.2) is 28.8 Å². The molecule has 1 aromatic heterocycles. The molecule has 1 aromatic carbocycles. The molecule has 1 unspecified atom stereocenters. The molecule has 0 saturated carbocycles. The molecule has 3 rings (SSSR count). The first-order valence-corrected chi connectivity index (χ1v) is 6.10. The summed E-state index contributed by atoms with van der Waals surface area (Å²) >= 11 is 2.04. The summed E-state index contributed by atoms with van der Waals surface area (Å²) < 4.78 is 11.5. The zero-order valence-electron chi connectivity index (χ0n) is 8.39. The predicted molar refractivity (Wildman–Crippen MR) is 65.4 cm³/mol. The molecule has 0 bridgehead atoms. The lowest BCUT2D eigenvalue weighted by Gasteiger charge is -2.22. The molecule has 0 fully saturated rings. The Morgan fingerprint density at radius 3 is 3.00 bits per heavy atom. The topological polar surface area (TPSA) is 48.2 Å². The first kappa shape index (κ1) is 10.1. The van der Waals surface area contributed by atoms with Gasteiger partial charge in [0.15, 0.2) is 0 Å². The van der Waals surface area contributed by atoms with Crippen LogP contribution in [0.2, 0.25) is 0 Å². The third kappa shape index (κ3) is 1.79. The summed E-state index contributed by atoms with van der Waals surface area (Å²) in [7, 11) is 0. The molecule has 0 saturated heterocycles. The Kier molecular flexibility index (Phi) is 2.55. The van der Waals surface area contributed by atoms with Crippen LogP contribution >= 0.6 is 22.6 Å². The van der Waals surface area contributed by atoms with Gasteiger partial charge in [-0.25, -0.2) is 0 Å². The molecule has 2 aromatic rings. The Morgan fingerprint density at radius 1 is 1.31 bits per heavy atom. The molecule has 0 amide bonds. The van der Waals surface area contributed by atoms with Crippen molar-refractivity contribution in [3.8, 4) is 5.75 Å². The van der Waals surface area contributed by atoms with Crippen molar-refractivity contribution in [1.82, 2.24) is 10.1 Å². The lowest BCUT2D eigenvalue weighted by atomic mass is 9.97. The van der Waals surface area contributed by atoms with E-state index in [1.165, 1.54) is 5.56 Å². The van der Waals surface area contributed by atoms with Crippen molar-refractivity contribution in [2.24, 2.45) is 0 Å². The van der Waals surface area contributed by atoms with Crippen molar-refractivity contribution < 1.29 is 9.26 Å². The van der Waals surface area contributed by atoms with E-state index in [2.05, 4.69) is 16.2 Å². The number of para-hydroxylation sites is 1. The highest BCUT2D eigenvalue weighted by molar-refractivity contribution is 14.1. The van der Waals surface area contributed by atoms with E-state index in [1.54, 1.807) is 0 Å².